The number of sulfonamides is 1. The second-order valence-electron chi connectivity index (χ2n) is 6.45. The number of carbonyl (C=O) groups is 1. The fourth-order valence-corrected chi connectivity index (χ4v) is 4.79. The molecule has 0 bridgehead atoms. The zero-order chi connectivity index (χ0) is 18.0. The molecule has 136 valence electrons. The molecule has 1 aliphatic rings. The second-order valence-corrected chi connectivity index (χ2v) is 8.07. The molecule has 0 saturated heterocycles. The molecular weight excluding hydrogens is 332 g/mol. The average molecular weight is 358 g/mol. The van der Waals surface area contributed by atoms with Crippen LogP contribution in [0.1, 0.15) is 44.1 Å². The third kappa shape index (κ3) is 3.79. The molecule has 3 N–H and O–H groups in total. The van der Waals surface area contributed by atoms with E-state index in [0.29, 0.717) is 19.4 Å². The Kier molecular flexibility index (Phi) is 5.67. The van der Waals surface area contributed by atoms with Crippen molar-refractivity contribution >= 4 is 15.9 Å². The zero-order valence-electron chi connectivity index (χ0n) is 14.6. The van der Waals surface area contributed by atoms with E-state index in [9.17, 15) is 13.2 Å². The summed E-state index contributed by atoms with van der Waals surface area (Å²) in [5.74, 6) is -0.0604. The Morgan fingerprint density at radius 2 is 1.96 bits per heavy atom. The van der Waals surface area contributed by atoms with Gasteiger partial charge in [-0.2, -0.15) is 4.72 Å². The van der Waals surface area contributed by atoms with Crippen LogP contribution >= 0.6 is 0 Å². The molecule has 2 rings (SSSR count). The van der Waals surface area contributed by atoms with Crippen LogP contribution in [0.2, 0.25) is 0 Å². The number of nitrogens with zero attached hydrogens (tertiary/aromatic N) is 1. The number of rotatable bonds is 7. The molecule has 1 atom stereocenters. The molecule has 0 aromatic carbocycles. The van der Waals surface area contributed by atoms with E-state index in [2.05, 4.69) is 20.5 Å². The first kappa shape index (κ1) is 18.9. The summed E-state index contributed by atoms with van der Waals surface area (Å²) in [6.07, 6.45) is 2.57. The molecule has 1 fully saturated rings. The summed E-state index contributed by atoms with van der Waals surface area (Å²) in [6, 6.07) is 0.103. The topological polar surface area (TPSA) is 113 Å². The van der Waals surface area contributed by atoms with Gasteiger partial charge in [0.1, 0.15) is 16.1 Å². The summed E-state index contributed by atoms with van der Waals surface area (Å²) in [5.41, 5.74) is -0.819. The highest BCUT2D eigenvalue weighted by atomic mass is 32.2. The van der Waals surface area contributed by atoms with E-state index in [1.807, 2.05) is 14.0 Å². The fraction of sp³-hybridized carbons (Fsp3) is 0.733. The summed E-state index contributed by atoms with van der Waals surface area (Å²) in [7, 11) is -2.08. The molecule has 24 heavy (non-hydrogen) atoms. The summed E-state index contributed by atoms with van der Waals surface area (Å²) in [4.78, 5) is 12.7. The lowest BCUT2D eigenvalue weighted by Crippen LogP contribution is -2.58. The quantitative estimate of drug-likeness (QED) is 0.658. The predicted molar refractivity (Wildman–Crippen MR) is 89.0 cm³/mol. The highest BCUT2D eigenvalue weighted by molar-refractivity contribution is 7.89. The average Bonchev–Trinajstić information content (AvgIpc) is 3.11. The number of likely N-dealkylation sites (N-methyl/N-ethyl adjacent to an activating group) is 1. The second kappa shape index (κ2) is 7.20. The molecule has 1 aromatic rings. The van der Waals surface area contributed by atoms with Gasteiger partial charge in [0.2, 0.25) is 15.9 Å². The zero-order valence-corrected chi connectivity index (χ0v) is 15.4. The monoisotopic (exact) mass is 358 g/mol. The Morgan fingerprint density at radius 3 is 2.46 bits per heavy atom. The molecule has 0 spiro atoms. The molecule has 0 radical (unpaired) electrons. The van der Waals surface area contributed by atoms with Crippen molar-refractivity contribution in [3.05, 3.63) is 11.5 Å². The number of hydrogen-bond acceptors (Lipinski definition) is 6. The van der Waals surface area contributed by atoms with Gasteiger partial charge >= 0.3 is 0 Å². The molecular formula is C15H26N4O4S. The normalized spacial score (nSPS) is 18.5. The van der Waals surface area contributed by atoms with Crippen LogP contribution in [0.15, 0.2) is 9.42 Å². The Labute approximate surface area is 142 Å². The Balaban J connectivity index is 2.23. The Morgan fingerprint density at radius 1 is 1.33 bits per heavy atom. The van der Waals surface area contributed by atoms with Gasteiger partial charge in [-0.05, 0) is 40.7 Å². The number of aromatic nitrogens is 1. The van der Waals surface area contributed by atoms with Crippen LogP contribution in [-0.2, 0) is 14.8 Å². The van der Waals surface area contributed by atoms with Gasteiger partial charge in [0, 0.05) is 12.6 Å². The third-order valence-electron chi connectivity index (χ3n) is 4.52. The number of amides is 1. The van der Waals surface area contributed by atoms with Crippen LogP contribution in [0.5, 0.6) is 0 Å². The van der Waals surface area contributed by atoms with Crippen molar-refractivity contribution in [3.8, 4) is 0 Å². The first-order valence-electron chi connectivity index (χ1n) is 8.14. The van der Waals surface area contributed by atoms with Crippen molar-refractivity contribution in [2.24, 2.45) is 0 Å². The van der Waals surface area contributed by atoms with Gasteiger partial charge in [0.15, 0.2) is 5.76 Å². The summed E-state index contributed by atoms with van der Waals surface area (Å²) in [6.45, 7) is 5.49. The van der Waals surface area contributed by atoms with Gasteiger partial charge in [-0.25, -0.2) is 8.42 Å². The smallest absolute Gasteiger partial charge is 0.246 e. The van der Waals surface area contributed by atoms with Crippen molar-refractivity contribution in [1.82, 2.24) is 20.5 Å². The molecule has 8 nitrogen and oxygen atoms in total. The standard InChI is InChI=1S/C15H26N4O4S/c1-10(16-4)9-17-14(20)15(7-5-6-8-15)19-24(21,22)13-11(2)18-23-12(13)3/h10,16,19H,5-9H2,1-4H3,(H,17,20). The molecule has 0 aliphatic heterocycles. The van der Waals surface area contributed by atoms with Crippen molar-refractivity contribution in [3.63, 3.8) is 0 Å². The van der Waals surface area contributed by atoms with Crippen molar-refractivity contribution < 1.29 is 17.7 Å². The minimum Gasteiger partial charge on any atom is -0.360 e. The maximum atomic E-state index is 12.8. The summed E-state index contributed by atoms with van der Waals surface area (Å²) >= 11 is 0. The highest BCUT2D eigenvalue weighted by Crippen LogP contribution is 2.32. The largest absolute Gasteiger partial charge is 0.360 e. The van der Waals surface area contributed by atoms with E-state index in [0.717, 1.165) is 12.8 Å². The first-order valence-corrected chi connectivity index (χ1v) is 9.62. The molecule has 1 unspecified atom stereocenters. The van der Waals surface area contributed by atoms with Crippen molar-refractivity contribution in [1.29, 1.82) is 0 Å². The number of nitrogens with one attached hydrogen (secondary N) is 3. The van der Waals surface area contributed by atoms with Gasteiger partial charge in [0.05, 0.1) is 0 Å². The van der Waals surface area contributed by atoms with Crippen LogP contribution in [-0.4, -0.2) is 44.7 Å². The Bertz CT molecular complexity index is 673. The van der Waals surface area contributed by atoms with Crippen molar-refractivity contribution in [2.75, 3.05) is 13.6 Å². The van der Waals surface area contributed by atoms with Crippen molar-refractivity contribution in [2.45, 2.75) is 62.9 Å². The summed E-state index contributed by atoms with van der Waals surface area (Å²) < 4.78 is 33.2. The van der Waals surface area contributed by atoms with E-state index in [-0.39, 0.29) is 28.3 Å². The molecule has 1 aromatic heterocycles. The minimum absolute atomic E-state index is 0.0187. The summed E-state index contributed by atoms with van der Waals surface area (Å²) in [5, 5.41) is 9.57. The Hall–Kier alpha value is -1.45. The van der Waals surface area contributed by atoms with E-state index < -0.39 is 15.6 Å². The molecule has 9 heteroatoms. The van der Waals surface area contributed by atoms with Gasteiger partial charge in [-0.3, -0.25) is 4.79 Å². The number of carbonyl (C=O) groups excluding carboxylic acids is 1. The van der Waals surface area contributed by atoms with E-state index in [4.69, 9.17) is 4.52 Å². The molecule has 1 amide bonds. The minimum atomic E-state index is -3.89. The van der Waals surface area contributed by atoms with Crippen LogP contribution in [0.25, 0.3) is 0 Å². The third-order valence-corrected chi connectivity index (χ3v) is 6.30. The van der Waals surface area contributed by atoms with Gasteiger partial charge in [0.25, 0.3) is 0 Å². The maximum Gasteiger partial charge on any atom is 0.246 e. The highest BCUT2D eigenvalue weighted by Gasteiger charge is 2.45. The SMILES string of the molecule is CNC(C)CNC(=O)C1(NS(=O)(=O)c2c(C)noc2C)CCCC1. The fourth-order valence-electron chi connectivity index (χ4n) is 3.04. The lowest BCUT2D eigenvalue weighted by Gasteiger charge is -2.29. The van der Waals surface area contributed by atoms with E-state index in [1.165, 1.54) is 0 Å². The van der Waals surface area contributed by atoms with Gasteiger partial charge in [-0.1, -0.05) is 18.0 Å². The van der Waals surface area contributed by atoms with Gasteiger partial charge < -0.3 is 15.2 Å². The number of aryl methyl sites for hydroxylation is 2. The lowest BCUT2D eigenvalue weighted by molar-refractivity contribution is -0.126. The maximum absolute atomic E-state index is 12.8. The van der Waals surface area contributed by atoms with Crippen LogP contribution in [0.4, 0.5) is 0 Å². The number of hydrogen-bond donors (Lipinski definition) is 3. The van der Waals surface area contributed by atoms with Crippen LogP contribution < -0.4 is 15.4 Å². The van der Waals surface area contributed by atoms with Crippen LogP contribution in [0, 0.1) is 13.8 Å². The first-order chi connectivity index (χ1) is 11.2. The molecule has 1 heterocycles. The van der Waals surface area contributed by atoms with E-state index in [1.54, 1.807) is 13.8 Å². The van der Waals surface area contributed by atoms with Gasteiger partial charge in [-0.15, -0.1) is 0 Å². The lowest BCUT2D eigenvalue weighted by atomic mass is 9.98. The molecule has 1 saturated carbocycles. The predicted octanol–water partition coefficient (Wildman–Crippen LogP) is 0.607. The van der Waals surface area contributed by atoms with Crippen LogP contribution in [0.3, 0.4) is 0 Å². The van der Waals surface area contributed by atoms with E-state index >= 15 is 0 Å². The molecule has 1 aliphatic carbocycles.